The Hall–Kier alpha value is -2.41. The number of amides is 1. The van der Waals surface area contributed by atoms with Gasteiger partial charge in [-0.3, -0.25) is 9.59 Å². The van der Waals surface area contributed by atoms with Crippen molar-refractivity contribution in [2.45, 2.75) is 19.8 Å². The Kier molecular flexibility index (Phi) is 6.74. The second-order valence-corrected chi connectivity index (χ2v) is 8.46. The van der Waals surface area contributed by atoms with Gasteiger partial charge in [-0.15, -0.1) is 0 Å². The molecule has 0 heterocycles. The van der Waals surface area contributed by atoms with Crippen molar-refractivity contribution < 1.29 is 23.1 Å². The van der Waals surface area contributed by atoms with E-state index < -0.39 is 33.4 Å². The van der Waals surface area contributed by atoms with Gasteiger partial charge in [0.25, 0.3) is 0 Å². The second-order valence-electron chi connectivity index (χ2n) is 6.27. The highest BCUT2D eigenvalue weighted by Crippen LogP contribution is 2.21. The van der Waals surface area contributed by atoms with Crippen LogP contribution in [0.2, 0.25) is 0 Å². The van der Waals surface area contributed by atoms with Crippen molar-refractivity contribution in [1.82, 2.24) is 5.32 Å². The van der Waals surface area contributed by atoms with Crippen molar-refractivity contribution in [2.24, 2.45) is 5.92 Å². The van der Waals surface area contributed by atoms with Crippen LogP contribution in [-0.4, -0.2) is 43.5 Å². The number of hydrogen-bond donors (Lipinski definition) is 2. The number of carbonyl (C=O) groups is 2. The van der Waals surface area contributed by atoms with Crippen LogP contribution in [-0.2, 0) is 25.8 Å². The molecule has 1 unspecified atom stereocenters. The first-order valence-corrected chi connectivity index (χ1v) is 10.3. The monoisotopic (exact) mass is 377 g/mol. The maximum Gasteiger partial charge on any atom is 0.308 e. The van der Waals surface area contributed by atoms with Gasteiger partial charge in [-0.2, -0.15) is 0 Å². The van der Waals surface area contributed by atoms with E-state index in [1.54, 1.807) is 6.92 Å². The molecule has 0 aliphatic heterocycles. The lowest BCUT2D eigenvalue weighted by atomic mass is 9.95. The van der Waals surface area contributed by atoms with Crippen LogP contribution >= 0.6 is 0 Å². The molecule has 1 atom stereocenters. The zero-order chi connectivity index (χ0) is 19.2. The number of carbonyl (C=O) groups excluding carboxylic acids is 1. The zero-order valence-electron chi connectivity index (χ0n) is 14.6. The molecule has 0 saturated carbocycles. The van der Waals surface area contributed by atoms with E-state index in [9.17, 15) is 23.1 Å². The molecule has 0 saturated heterocycles. The SMILES string of the molecule is CCCS(=O)(=O)CC(=O)NCC(Cc1cccc2ccccc12)C(=O)O. The molecule has 0 bridgehead atoms. The van der Waals surface area contributed by atoms with Crippen molar-refractivity contribution in [3.63, 3.8) is 0 Å². The highest BCUT2D eigenvalue weighted by atomic mass is 32.2. The molecule has 0 aliphatic rings. The molecule has 0 fully saturated rings. The van der Waals surface area contributed by atoms with Gasteiger partial charge in [-0.05, 0) is 29.2 Å². The Morgan fingerprint density at radius 3 is 2.50 bits per heavy atom. The summed E-state index contributed by atoms with van der Waals surface area (Å²) in [4.78, 5) is 23.4. The van der Waals surface area contributed by atoms with Crippen LogP contribution in [0.25, 0.3) is 10.8 Å². The number of nitrogens with one attached hydrogen (secondary N) is 1. The maximum atomic E-state index is 11.8. The van der Waals surface area contributed by atoms with Crippen LogP contribution in [0.3, 0.4) is 0 Å². The topological polar surface area (TPSA) is 101 Å². The molecule has 0 aromatic heterocycles. The summed E-state index contributed by atoms with van der Waals surface area (Å²) in [5.41, 5.74) is 0.878. The molecule has 7 heteroatoms. The maximum absolute atomic E-state index is 11.8. The average molecular weight is 377 g/mol. The fraction of sp³-hybridized carbons (Fsp3) is 0.368. The highest BCUT2D eigenvalue weighted by Gasteiger charge is 2.22. The zero-order valence-corrected chi connectivity index (χ0v) is 15.5. The first kappa shape index (κ1) is 19.9. The first-order valence-electron chi connectivity index (χ1n) is 8.49. The minimum absolute atomic E-state index is 0.0568. The van der Waals surface area contributed by atoms with E-state index in [0.717, 1.165) is 16.3 Å². The van der Waals surface area contributed by atoms with Gasteiger partial charge >= 0.3 is 5.97 Å². The lowest BCUT2D eigenvalue weighted by Crippen LogP contribution is -2.37. The summed E-state index contributed by atoms with van der Waals surface area (Å²) in [5, 5.41) is 13.9. The van der Waals surface area contributed by atoms with Crippen molar-refractivity contribution >= 4 is 32.5 Å². The molecule has 2 N–H and O–H groups in total. The molecule has 26 heavy (non-hydrogen) atoms. The van der Waals surface area contributed by atoms with Crippen LogP contribution in [0.5, 0.6) is 0 Å². The minimum atomic E-state index is -3.45. The van der Waals surface area contributed by atoms with Crippen LogP contribution < -0.4 is 5.32 Å². The summed E-state index contributed by atoms with van der Waals surface area (Å²) in [6.07, 6.45) is 0.688. The summed E-state index contributed by atoms with van der Waals surface area (Å²) in [6.45, 7) is 1.61. The molecule has 6 nitrogen and oxygen atoms in total. The number of benzene rings is 2. The Morgan fingerprint density at radius 1 is 1.12 bits per heavy atom. The highest BCUT2D eigenvalue weighted by molar-refractivity contribution is 7.92. The van der Waals surface area contributed by atoms with Gasteiger partial charge in [0.1, 0.15) is 5.75 Å². The van der Waals surface area contributed by atoms with Gasteiger partial charge in [-0.25, -0.2) is 8.42 Å². The third kappa shape index (κ3) is 5.56. The van der Waals surface area contributed by atoms with Gasteiger partial charge in [0.15, 0.2) is 9.84 Å². The van der Waals surface area contributed by atoms with Crippen molar-refractivity contribution in [1.29, 1.82) is 0 Å². The molecule has 2 aromatic rings. The fourth-order valence-electron chi connectivity index (χ4n) is 2.85. The van der Waals surface area contributed by atoms with Crippen molar-refractivity contribution in [3.05, 3.63) is 48.0 Å². The van der Waals surface area contributed by atoms with E-state index in [1.165, 1.54) is 0 Å². The van der Waals surface area contributed by atoms with Crippen molar-refractivity contribution in [3.8, 4) is 0 Å². The third-order valence-corrected chi connectivity index (χ3v) is 5.84. The molecule has 2 aromatic carbocycles. The smallest absolute Gasteiger partial charge is 0.308 e. The second kappa shape index (κ2) is 8.80. The predicted octanol–water partition coefficient (Wildman–Crippen LogP) is 2.02. The van der Waals surface area contributed by atoms with Gasteiger partial charge in [0, 0.05) is 6.54 Å². The van der Waals surface area contributed by atoms with Crippen LogP contribution in [0, 0.1) is 5.92 Å². The Bertz CT molecular complexity index is 886. The molecular formula is C19H23NO5S. The lowest BCUT2D eigenvalue weighted by Gasteiger charge is -2.15. The molecule has 0 radical (unpaired) electrons. The summed E-state index contributed by atoms with van der Waals surface area (Å²) in [7, 11) is -3.45. The van der Waals surface area contributed by atoms with E-state index >= 15 is 0 Å². The summed E-state index contributed by atoms with van der Waals surface area (Å²) in [5.74, 6) is -3.20. The van der Waals surface area contributed by atoms with E-state index in [2.05, 4.69) is 5.32 Å². The summed E-state index contributed by atoms with van der Waals surface area (Å²) >= 11 is 0. The summed E-state index contributed by atoms with van der Waals surface area (Å²) in [6, 6.07) is 13.4. The van der Waals surface area contributed by atoms with E-state index in [0.29, 0.717) is 6.42 Å². The number of sulfone groups is 1. The Labute approximate surface area is 153 Å². The number of carboxylic acids is 1. The average Bonchev–Trinajstić information content (AvgIpc) is 2.57. The van der Waals surface area contributed by atoms with Crippen LogP contribution in [0.15, 0.2) is 42.5 Å². The molecule has 1 amide bonds. The standard InChI is InChI=1S/C19H23NO5S/c1-2-10-26(24,25)13-18(21)20-12-16(19(22)23)11-15-8-5-7-14-6-3-4-9-17(14)15/h3-9,16H,2,10-13H2,1H3,(H,20,21)(H,22,23). The number of rotatable bonds is 9. The van der Waals surface area contributed by atoms with E-state index in [-0.39, 0.29) is 18.7 Å². The number of carboxylic acid groups (broad SMARTS) is 1. The molecular weight excluding hydrogens is 354 g/mol. The molecule has 2 rings (SSSR count). The fourth-order valence-corrected chi connectivity index (χ4v) is 4.12. The third-order valence-electron chi connectivity index (χ3n) is 4.11. The molecule has 0 aliphatic carbocycles. The normalized spacial score (nSPS) is 12.7. The lowest BCUT2D eigenvalue weighted by molar-refractivity contribution is -0.141. The minimum Gasteiger partial charge on any atom is -0.481 e. The van der Waals surface area contributed by atoms with Crippen LogP contribution in [0.1, 0.15) is 18.9 Å². The van der Waals surface area contributed by atoms with E-state index in [4.69, 9.17) is 0 Å². The van der Waals surface area contributed by atoms with Gasteiger partial charge in [0.2, 0.25) is 5.91 Å². The van der Waals surface area contributed by atoms with Gasteiger partial charge in [-0.1, -0.05) is 49.4 Å². The van der Waals surface area contributed by atoms with Gasteiger partial charge in [0.05, 0.1) is 11.7 Å². The largest absolute Gasteiger partial charge is 0.481 e. The Morgan fingerprint density at radius 2 is 1.81 bits per heavy atom. The van der Waals surface area contributed by atoms with Crippen LogP contribution in [0.4, 0.5) is 0 Å². The quantitative estimate of drug-likeness (QED) is 0.696. The Balaban J connectivity index is 2.05. The van der Waals surface area contributed by atoms with E-state index in [1.807, 2.05) is 42.5 Å². The predicted molar refractivity (Wildman–Crippen MR) is 101 cm³/mol. The molecule has 0 spiro atoms. The molecule has 140 valence electrons. The van der Waals surface area contributed by atoms with Crippen molar-refractivity contribution in [2.75, 3.05) is 18.1 Å². The first-order chi connectivity index (χ1) is 12.3. The number of aliphatic carboxylic acids is 1. The summed E-state index contributed by atoms with van der Waals surface area (Å²) < 4.78 is 23.4. The number of fused-ring (bicyclic) bond motifs is 1. The van der Waals surface area contributed by atoms with Gasteiger partial charge < -0.3 is 10.4 Å². The number of hydrogen-bond acceptors (Lipinski definition) is 4.